The van der Waals surface area contributed by atoms with E-state index in [2.05, 4.69) is 58.7 Å². The van der Waals surface area contributed by atoms with Gasteiger partial charge in [-0.25, -0.2) is 0 Å². The van der Waals surface area contributed by atoms with Gasteiger partial charge in [0.25, 0.3) is 0 Å². The van der Waals surface area contributed by atoms with Crippen LogP contribution >= 0.6 is 0 Å². The third-order valence-corrected chi connectivity index (χ3v) is 3.55. The highest BCUT2D eigenvalue weighted by Gasteiger charge is 2.10. The summed E-state index contributed by atoms with van der Waals surface area (Å²) in [5.74, 6) is 0. The molecule has 0 atom stereocenters. The van der Waals surface area contributed by atoms with Crippen LogP contribution in [0.25, 0.3) is 0 Å². The van der Waals surface area contributed by atoms with Crippen LogP contribution in [0.2, 0.25) is 0 Å². The predicted octanol–water partition coefficient (Wildman–Crippen LogP) is 4.26. The summed E-state index contributed by atoms with van der Waals surface area (Å²) < 4.78 is 0. The lowest BCUT2D eigenvalue weighted by Crippen LogP contribution is -2.02. The van der Waals surface area contributed by atoms with Crippen LogP contribution in [0.5, 0.6) is 0 Å². The molecule has 0 spiro atoms. The number of rotatable bonds is 3. The average molecular weight is 262 g/mol. The predicted molar refractivity (Wildman–Crippen MR) is 84.4 cm³/mol. The van der Waals surface area contributed by atoms with Gasteiger partial charge in [-0.3, -0.25) is 0 Å². The Morgan fingerprint density at radius 3 is 2.20 bits per heavy atom. The van der Waals surface area contributed by atoms with Gasteiger partial charge in [-0.2, -0.15) is 10.2 Å². The summed E-state index contributed by atoms with van der Waals surface area (Å²) in [5.41, 5.74) is 4.79. The van der Waals surface area contributed by atoms with Crippen LogP contribution in [0, 0.1) is 0 Å². The standard InChI is InChI=1S/C18H18N2/c1-3-8-15(9-4-1)14-17-12-7-13-18(20-19-17)16-10-5-2-6-11-16/h1-6,8-11H,7,12-14H2. The van der Waals surface area contributed by atoms with Gasteiger partial charge in [0, 0.05) is 12.1 Å². The maximum Gasteiger partial charge on any atom is 0.0702 e. The van der Waals surface area contributed by atoms with Crippen molar-refractivity contribution in [1.29, 1.82) is 0 Å². The second kappa shape index (κ2) is 6.29. The topological polar surface area (TPSA) is 24.7 Å². The van der Waals surface area contributed by atoms with Crippen molar-refractivity contribution in [3.05, 3.63) is 71.8 Å². The normalized spacial score (nSPS) is 15.2. The lowest BCUT2D eigenvalue weighted by molar-refractivity contribution is 0.921. The molecule has 100 valence electrons. The van der Waals surface area contributed by atoms with Crippen LogP contribution in [0.1, 0.15) is 30.4 Å². The molecular formula is C18H18N2. The molecule has 2 heteroatoms. The molecule has 1 heterocycles. The van der Waals surface area contributed by atoms with Crippen LogP contribution in [0.3, 0.4) is 0 Å². The molecule has 1 aliphatic heterocycles. The molecule has 0 aliphatic carbocycles. The van der Waals surface area contributed by atoms with E-state index < -0.39 is 0 Å². The summed E-state index contributed by atoms with van der Waals surface area (Å²) in [7, 11) is 0. The van der Waals surface area contributed by atoms with Crippen molar-refractivity contribution in [3.8, 4) is 0 Å². The summed E-state index contributed by atoms with van der Waals surface area (Å²) in [6.45, 7) is 0. The first-order valence-electron chi connectivity index (χ1n) is 7.13. The van der Waals surface area contributed by atoms with E-state index in [-0.39, 0.29) is 0 Å². The Morgan fingerprint density at radius 1 is 0.750 bits per heavy atom. The Labute approximate surface area is 119 Å². The zero-order chi connectivity index (χ0) is 13.6. The minimum atomic E-state index is 0.909. The van der Waals surface area contributed by atoms with E-state index in [1.54, 1.807) is 0 Å². The van der Waals surface area contributed by atoms with Gasteiger partial charge in [-0.05, 0) is 30.4 Å². The lowest BCUT2D eigenvalue weighted by atomic mass is 10.0. The molecule has 0 unspecified atom stereocenters. The van der Waals surface area contributed by atoms with Gasteiger partial charge >= 0.3 is 0 Å². The zero-order valence-electron chi connectivity index (χ0n) is 11.5. The second-order valence-electron chi connectivity index (χ2n) is 5.09. The number of hydrogen-bond acceptors (Lipinski definition) is 2. The summed E-state index contributed by atoms with van der Waals surface area (Å²) >= 11 is 0. The maximum atomic E-state index is 4.48. The highest BCUT2D eigenvalue weighted by Crippen LogP contribution is 2.14. The zero-order valence-corrected chi connectivity index (χ0v) is 11.5. The first kappa shape index (κ1) is 12.8. The molecule has 0 saturated carbocycles. The summed E-state index contributed by atoms with van der Waals surface area (Å²) in [5, 5.41) is 8.96. The van der Waals surface area contributed by atoms with Crippen molar-refractivity contribution < 1.29 is 0 Å². The Balaban J connectivity index is 1.78. The molecule has 0 radical (unpaired) electrons. The molecule has 0 saturated heterocycles. The molecular weight excluding hydrogens is 244 g/mol. The molecule has 2 aromatic carbocycles. The Kier molecular flexibility index (Phi) is 4.02. The summed E-state index contributed by atoms with van der Waals surface area (Å²) in [6, 6.07) is 20.8. The number of hydrogen-bond donors (Lipinski definition) is 0. The van der Waals surface area contributed by atoms with E-state index in [1.165, 1.54) is 16.8 Å². The minimum Gasteiger partial charge on any atom is -0.159 e. The van der Waals surface area contributed by atoms with Crippen molar-refractivity contribution in [3.63, 3.8) is 0 Å². The fraction of sp³-hybridized carbons (Fsp3) is 0.222. The quantitative estimate of drug-likeness (QED) is 0.789. The van der Waals surface area contributed by atoms with Gasteiger partial charge in [-0.15, -0.1) is 0 Å². The van der Waals surface area contributed by atoms with Crippen LogP contribution in [0.4, 0.5) is 0 Å². The van der Waals surface area contributed by atoms with Crippen molar-refractivity contribution in [1.82, 2.24) is 0 Å². The first-order chi connectivity index (χ1) is 9.92. The highest BCUT2D eigenvalue weighted by atomic mass is 15.2. The van der Waals surface area contributed by atoms with Crippen molar-refractivity contribution in [2.24, 2.45) is 10.2 Å². The number of benzene rings is 2. The molecule has 0 bridgehead atoms. The van der Waals surface area contributed by atoms with Gasteiger partial charge in [0.1, 0.15) is 0 Å². The van der Waals surface area contributed by atoms with Crippen LogP contribution in [0.15, 0.2) is 70.9 Å². The molecule has 0 N–H and O–H groups in total. The Morgan fingerprint density at radius 2 is 1.45 bits per heavy atom. The molecule has 0 fully saturated rings. The molecule has 0 amide bonds. The summed E-state index contributed by atoms with van der Waals surface area (Å²) in [6.07, 6.45) is 4.08. The van der Waals surface area contributed by atoms with E-state index in [1.807, 2.05) is 12.1 Å². The molecule has 1 aliphatic rings. The maximum absolute atomic E-state index is 4.48. The smallest absolute Gasteiger partial charge is 0.0702 e. The molecule has 2 aromatic rings. The van der Waals surface area contributed by atoms with Crippen LogP contribution < -0.4 is 0 Å². The van der Waals surface area contributed by atoms with E-state index in [4.69, 9.17) is 0 Å². The lowest BCUT2D eigenvalue weighted by Gasteiger charge is -2.02. The molecule has 20 heavy (non-hydrogen) atoms. The van der Waals surface area contributed by atoms with E-state index in [0.717, 1.165) is 31.4 Å². The first-order valence-corrected chi connectivity index (χ1v) is 7.13. The number of nitrogens with zero attached hydrogens (tertiary/aromatic N) is 2. The molecule has 3 rings (SSSR count). The minimum absolute atomic E-state index is 0.909. The van der Waals surface area contributed by atoms with Crippen molar-refractivity contribution in [2.45, 2.75) is 25.7 Å². The second-order valence-corrected chi connectivity index (χ2v) is 5.09. The summed E-state index contributed by atoms with van der Waals surface area (Å²) in [4.78, 5) is 0. The SMILES string of the molecule is c1ccc(CC2=NN=C(c3ccccc3)CCC2)cc1. The van der Waals surface area contributed by atoms with E-state index in [9.17, 15) is 0 Å². The fourth-order valence-corrected chi connectivity index (χ4v) is 2.48. The Hall–Kier alpha value is -2.22. The molecule has 2 nitrogen and oxygen atoms in total. The monoisotopic (exact) mass is 262 g/mol. The third kappa shape index (κ3) is 3.21. The van der Waals surface area contributed by atoms with E-state index in [0.29, 0.717) is 0 Å². The van der Waals surface area contributed by atoms with Crippen molar-refractivity contribution >= 4 is 11.4 Å². The van der Waals surface area contributed by atoms with Gasteiger partial charge in [0.05, 0.1) is 5.71 Å². The van der Waals surface area contributed by atoms with Gasteiger partial charge in [-0.1, -0.05) is 60.7 Å². The van der Waals surface area contributed by atoms with Crippen LogP contribution in [-0.2, 0) is 6.42 Å². The van der Waals surface area contributed by atoms with Gasteiger partial charge < -0.3 is 0 Å². The third-order valence-electron chi connectivity index (χ3n) is 3.55. The highest BCUT2D eigenvalue weighted by molar-refractivity contribution is 6.02. The Bertz CT molecular complexity index is 612. The molecule has 0 aromatic heterocycles. The van der Waals surface area contributed by atoms with E-state index >= 15 is 0 Å². The van der Waals surface area contributed by atoms with Gasteiger partial charge in [0.15, 0.2) is 0 Å². The van der Waals surface area contributed by atoms with Gasteiger partial charge in [0.2, 0.25) is 0 Å². The largest absolute Gasteiger partial charge is 0.159 e. The fourth-order valence-electron chi connectivity index (χ4n) is 2.48. The average Bonchev–Trinajstić information content (AvgIpc) is 2.75. The van der Waals surface area contributed by atoms with Crippen LogP contribution in [-0.4, -0.2) is 11.4 Å². The van der Waals surface area contributed by atoms with Crippen molar-refractivity contribution in [2.75, 3.05) is 0 Å².